The highest BCUT2D eigenvalue weighted by Gasteiger charge is 2.19. The first-order valence-electron chi connectivity index (χ1n) is 8.36. The number of pyridine rings is 1. The summed E-state index contributed by atoms with van der Waals surface area (Å²) in [5, 5.41) is 10.1. The van der Waals surface area contributed by atoms with E-state index in [1.807, 2.05) is 61.5 Å². The number of benzene rings is 2. The molecule has 3 N–H and O–H groups in total. The van der Waals surface area contributed by atoms with Crippen LogP contribution in [0, 0.1) is 6.92 Å². The molecule has 0 spiro atoms. The predicted molar refractivity (Wildman–Crippen MR) is 101 cm³/mol. The van der Waals surface area contributed by atoms with Gasteiger partial charge in [0.25, 0.3) is 11.5 Å². The summed E-state index contributed by atoms with van der Waals surface area (Å²) in [5.41, 5.74) is 7.71. The Hall–Kier alpha value is -3.34. The summed E-state index contributed by atoms with van der Waals surface area (Å²) in [6.45, 7) is 1.95. The summed E-state index contributed by atoms with van der Waals surface area (Å²) in [6, 6.07) is 18.7. The van der Waals surface area contributed by atoms with Crippen LogP contribution in [0.3, 0.4) is 0 Å². The Morgan fingerprint density at radius 3 is 2.31 bits per heavy atom. The summed E-state index contributed by atoms with van der Waals surface area (Å²) in [5.74, 6) is -1.32. The van der Waals surface area contributed by atoms with Crippen molar-refractivity contribution in [3.05, 3.63) is 93.4 Å². The van der Waals surface area contributed by atoms with Crippen LogP contribution in [-0.2, 0) is 12.8 Å². The van der Waals surface area contributed by atoms with Gasteiger partial charge in [0.2, 0.25) is 0 Å². The lowest BCUT2D eigenvalue weighted by Gasteiger charge is -2.15. The molecule has 3 rings (SSSR count). The van der Waals surface area contributed by atoms with E-state index in [0.717, 1.165) is 11.1 Å². The number of primary amides is 1. The second-order valence-electron chi connectivity index (χ2n) is 6.22. The van der Waals surface area contributed by atoms with Crippen LogP contribution in [0.2, 0.25) is 0 Å². The quantitative estimate of drug-likeness (QED) is 0.743. The van der Waals surface area contributed by atoms with E-state index in [1.165, 1.54) is 10.6 Å². The highest BCUT2D eigenvalue weighted by Crippen LogP contribution is 2.20. The normalized spacial score (nSPS) is 10.7. The van der Waals surface area contributed by atoms with Gasteiger partial charge < -0.3 is 10.8 Å². The Morgan fingerprint density at radius 2 is 1.69 bits per heavy atom. The Kier molecular flexibility index (Phi) is 4.89. The zero-order chi connectivity index (χ0) is 18.7. The molecular formula is C21H20N2O3. The lowest BCUT2D eigenvalue weighted by molar-refractivity contribution is 0.0996. The van der Waals surface area contributed by atoms with Crippen LogP contribution in [0.4, 0.5) is 0 Å². The van der Waals surface area contributed by atoms with Crippen LogP contribution < -0.4 is 11.3 Å². The highest BCUT2D eigenvalue weighted by atomic mass is 16.3. The number of aryl methyl sites for hydroxylation is 3. The molecule has 0 saturated heterocycles. The number of nitrogens with two attached hydrogens (primary N) is 1. The van der Waals surface area contributed by atoms with Crippen LogP contribution >= 0.6 is 0 Å². The van der Waals surface area contributed by atoms with E-state index < -0.39 is 17.0 Å². The largest absolute Gasteiger partial charge is 0.507 e. The molecule has 0 aliphatic rings. The van der Waals surface area contributed by atoms with Gasteiger partial charge in [0.15, 0.2) is 0 Å². The van der Waals surface area contributed by atoms with E-state index in [9.17, 15) is 14.7 Å². The van der Waals surface area contributed by atoms with Crippen molar-refractivity contribution in [2.45, 2.75) is 19.8 Å². The third-order valence-electron chi connectivity index (χ3n) is 4.31. The molecule has 0 fully saturated rings. The third kappa shape index (κ3) is 3.52. The highest BCUT2D eigenvalue weighted by molar-refractivity contribution is 5.95. The Labute approximate surface area is 151 Å². The molecule has 1 amide bonds. The second-order valence-corrected chi connectivity index (χ2v) is 6.22. The number of rotatable bonds is 5. The molecule has 26 heavy (non-hydrogen) atoms. The third-order valence-corrected chi connectivity index (χ3v) is 4.31. The Bertz CT molecular complexity index is 990. The Morgan fingerprint density at radius 1 is 1.04 bits per heavy atom. The lowest BCUT2D eigenvalue weighted by atomic mass is 10.1. The zero-order valence-electron chi connectivity index (χ0n) is 14.5. The number of carbonyl (C=O) groups is 1. The van der Waals surface area contributed by atoms with Crippen LogP contribution in [0.25, 0.3) is 5.69 Å². The van der Waals surface area contributed by atoms with Crippen molar-refractivity contribution in [3.63, 3.8) is 0 Å². The summed E-state index contributed by atoms with van der Waals surface area (Å²) in [4.78, 5) is 24.5. The van der Waals surface area contributed by atoms with Gasteiger partial charge in [-0.2, -0.15) is 0 Å². The summed E-state index contributed by atoms with van der Waals surface area (Å²) < 4.78 is 1.45. The minimum Gasteiger partial charge on any atom is -0.507 e. The second kappa shape index (κ2) is 7.27. The molecule has 0 aliphatic heterocycles. The molecule has 1 aromatic heterocycles. The monoisotopic (exact) mass is 348 g/mol. The maximum Gasteiger partial charge on any atom is 0.271 e. The van der Waals surface area contributed by atoms with Crippen LogP contribution in [0.1, 0.15) is 27.2 Å². The standard InChI is InChI=1S/C21H20N2O3/c1-14-7-10-16(11-8-14)23-17(12-9-15-5-3-2-4-6-15)13-18(24)19(20(22)25)21(23)26/h2-8,10-11,13,24H,9,12H2,1H3,(H2,22,25). The number of hydrogen-bond acceptors (Lipinski definition) is 3. The van der Waals surface area contributed by atoms with Gasteiger partial charge in [-0.3, -0.25) is 14.2 Å². The van der Waals surface area contributed by atoms with E-state index in [-0.39, 0.29) is 5.75 Å². The number of aromatic hydroxyl groups is 1. The summed E-state index contributed by atoms with van der Waals surface area (Å²) in [7, 11) is 0. The van der Waals surface area contributed by atoms with Crippen LogP contribution in [-0.4, -0.2) is 15.6 Å². The fraction of sp³-hybridized carbons (Fsp3) is 0.143. The van der Waals surface area contributed by atoms with Crippen molar-refractivity contribution in [2.75, 3.05) is 0 Å². The molecule has 3 aromatic rings. The number of hydrogen-bond donors (Lipinski definition) is 2. The number of amides is 1. The van der Waals surface area contributed by atoms with Crippen molar-refractivity contribution in [2.24, 2.45) is 5.73 Å². The Balaban J connectivity index is 2.11. The molecule has 0 bridgehead atoms. The molecule has 2 aromatic carbocycles. The van der Waals surface area contributed by atoms with Gasteiger partial charge >= 0.3 is 0 Å². The predicted octanol–water partition coefficient (Wildman–Crippen LogP) is 2.74. The summed E-state index contributed by atoms with van der Waals surface area (Å²) in [6.07, 6.45) is 1.22. The van der Waals surface area contributed by atoms with Crippen molar-refractivity contribution in [1.82, 2.24) is 4.57 Å². The molecule has 0 radical (unpaired) electrons. The molecule has 0 atom stereocenters. The molecule has 5 heteroatoms. The molecule has 5 nitrogen and oxygen atoms in total. The van der Waals surface area contributed by atoms with Crippen molar-refractivity contribution < 1.29 is 9.90 Å². The fourth-order valence-electron chi connectivity index (χ4n) is 2.96. The van der Waals surface area contributed by atoms with Crippen molar-refractivity contribution >= 4 is 5.91 Å². The van der Waals surface area contributed by atoms with E-state index in [1.54, 1.807) is 0 Å². The van der Waals surface area contributed by atoms with Gasteiger partial charge in [-0.15, -0.1) is 0 Å². The topological polar surface area (TPSA) is 85.3 Å². The first kappa shape index (κ1) is 17.5. The number of aromatic nitrogens is 1. The van der Waals surface area contributed by atoms with Crippen LogP contribution in [0.15, 0.2) is 65.5 Å². The minimum absolute atomic E-state index is 0.381. The maximum absolute atomic E-state index is 12.9. The van der Waals surface area contributed by atoms with E-state index in [0.29, 0.717) is 24.2 Å². The SMILES string of the molecule is Cc1ccc(-n2c(CCc3ccccc3)cc(O)c(C(N)=O)c2=O)cc1. The number of carbonyl (C=O) groups excluding carboxylic acids is 1. The van der Waals surface area contributed by atoms with Gasteiger partial charge in [0.05, 0.1) is 0 Å². The molecule has 0 unspecified atom stereocenters. The lowest BCUT2D eigenvalue weighted by Crippen LogP contribution is -2.31. The van der Waals surface area contributed by atoms with E-state index in [2.05, 4.69) is 0 Å². The van der Waals surface area contributed by atoms with E-state index in [4.69, 9.17) is 5.73 Å². The fourth-order valence-corrected chi connectivity index (χ4v) is 2.96. The zero-order valence-corrected chi connectivity index (χ0v) is 14.5. The molecule has 1 heterocycles. The van der Waals surface area contributed by atoms with Crippen LogP contribution in [0.5, 0.6) is 5.75 Å². The maximum atomic E-state index is 12.9. The van der Waals surface area contributed by atoms with Gasteiger partial charge in [-0.05, 0) is 37.5 Å². The van der Waals surface area contributed by atoms with Gasteiger partial charge in [-0.25, -0.2) is 0 Å². The first-order chi connectivity index (χ1) is 12.5. The minimum atomic E-state index is -0.942. The average molecular weight is 348 g/mol. The van der Waals surface area contributed by atoms with Gasteiger partial charge in [0.1, 0.15) is 11.3 Å². The summed E-state index contributed by atoms with van der Waals surface area (Å²) >= 11 is 0. The van der Waals surface area contributed by atoms with Gasteiger partial charge in [-0.1, -0.05) is 48.0 Å². The van der Waals surface area contributed by atoms with Gasteiger partial charge in [0, 0.05) is 17.4 Å². The smallest absolute Gasteiger partial charge is 0.271 e. The van der Waals surface area contributed by atoms with Crippen molar-refractivity contribution in [1.29, 1.82) is 0 Å². The number of nitrogens with zero attached hydrogens (tertiary/aromatic N) is 1. The molecule has 0 aliphatic carbocycles. The van der Waals surface area contributed by atoms with Crippen molar-refractivity contribution in [3.8, 4) is 11.4 Å². The average Bonchev–Trinajstić information content (AvgIpc) is 2.61. The molecular weight excluding hydrogens is 328 g/mol. The van der Waals surface area contributed by atoms with E-state index >= 15 is 0 Å². The first-order valence-corrected chi connectivity index (χ1v) is 8.36. The molecule has 0 saturated carbocycles. The molecule has 132 valence electrons.